The van der Waals surface area contributed by atoms with Gasteiger partial charge in [0.25, 0.3) is 5.97 Å². The fraction of sp³-hybridized carbons (Fsp3) is 0.867. The first kappa shape index (κ1) is 22.6. The van der Waals surface area contributed by atoms with Crippen LogP contribution in [0.25, 0.3) is 0 Å². The Balaban J connectivity index is 5.08. The molecule has 0 aliphatic carbocycles. The van der Waals surface area contributed by atoms with Crippen LogP contribution in [-0.4, -0.2) is 42.5 Å². The second kappa shape index (κ2) is 7.62. The van der Waals surface area contributed by atoms with Crippen molar-refractivity contribution in [3.8, 4) is 0 Å². The van der Waals surface area contributed by atoms with Gasteiger partial charge in [-0.3, -0.25) is 9.59 Å². The summed E-state index contributed by atoms with van der Waals surface area (Å²) >= 11 is 0. The maximum absolute atomic E-state index is 12.6. The van der Waals surface area contributed by atoms with E-state index < -0.39 is 30.6 Å². The lowest BCUT2D eigenvalue weighted by atomic mass is 10.0. The molecular formula is C15H34O5Si3. The van der Waals surface area contributed by atoms with Crippen molar-refractivity contribution in [2.75, 3.05) is 0 Å². The van der Waals surface area contributed by atoms with E-state index in [0.717, 1.165) is 0 Å². The number of carbonyl (C=O) groups excluding carboxylic acids is 2. The Labute approximate surface area is 144 Å². The third-order valence-electron chi connectivity index (χ3n) is 2.59. The zero-order chi connectivity index (χ0) is 18.7. The number of hydrogen-bond donors (Lipinski definition) is 0. The SMILES string of the molecule is CC(CCC(=O)O[Si](C)(C)C)(O[Si](C)(C)C)C(=O)O[Si](C)(C)C. The van der Waals surface area contributed by atoms with Gasteiger partial charge < -0.3 is 13.3 Å². The van der Waals surface area contributed by atoms with Gasteiger partial charge in [-0.15, -0.1) is 0 Å². The van der Waals surface area contributed by atoms with Crippen molar-refractivity contribution in [1.82, 2.24) is 0 Å². The lowest BCUT2D eigenvalue weighted by molar-refractivity contribution is -0.154. The number of rotatable bonds is 8. The predicted octanol–water partition coefficient (Wildman–Crippen LogP) is 4.13. The second-order valence-electron chi connectivity index (χ2n) is 9.03. The van der Waals surface area contributed by atoms with Gasteiger partial charge in [0.05, 0.1) is 0 Å². The van der Waals surface area contributed by atoms with Crippen LogP contribution in [0.3, 0.4) is 0 Å². The summed E-state index contributed by atoms with van der Waals surface area (Å²) in [7, 11) is -5.92. The molecule has 0 spiro atoms. The first-order valence-electron chi connectivity index (χ1n) is 8.09. The molecule has 0 aromatic carbocycles. The van der Waals surface area contributed by atoms with E-state index in [0.29, 0.717) is 0 Å². The van der Waals surface area contributed by atoms with E-state index in [1.54, 1.807) is 6.92 Å². The van der Waals surface area contributed by atoms with Gasteiger partial charge >= 0.3 is 5.97 Å². The van der Waals surface area contributed by atoms with Crippen molar-refractivity contribution in [2.45, 2.75) is 84.3 Å². The van der Waals surface area contributed by atoms with E-state index in [-0.39, 0.29) is 24.8 Å². The van der Waals surface area contributed by atoms with E-state index >= 15 is 0 Å². The van der Waals surface area contributed by atoms with Crippen molar-refractivity contribution >= 4 is 36.9 Å². The molecule has 0 aromatic heterocycles. The van der Waals surface area contributed by atoms with Gasteiger partial charge in [-0.05, 0) is 72.3 Å². The van der Waals surface area contributed by atoms with Crippen LogP contribution in [0.5, 0.6) is 0 Å². The highest BCUT2D eigenvalue weighted by Gasteiger charge is 2.42. The molecule has 0 saturated carbocycles. The molecule has 136 valence electrons. The topological polar surface area (TPSA) is 61.8 Å². The second-order valence-corrected chi connectivity index (χ2v) is 22.3. The van der Waals surface area contributed by atoms with Crippen LogP contribution in [-0.2, 0) is 22.9 Å². The standard InChI is InChI=1S/C15H34O5Si3/c1-15(20-23(8,9)10,14(17)19-22(5,6)7)12-11-13(16)18-21(2,3)4/h11-12H2,1-10H3. The van der Waals surface area contributed by atoms with Crippen LogP contribution >= 0.6 is 0 Å². The van der Waals surface area contributed by atoms with E-state index in [4.69, 9.17) is 13.3 Å². The molecule has 0 aromatic rings. The molecule has 1 atom stereocenters. The molecule has 0 aliphatic rings. The van der Waals surface area contributed by atoms with Gasteiger partial charge in [0, 0.05) is 6.42 Å². The Morgan fingerprint density at radius 2 is 1.22 bits per heavy atom. The van der Waals surface area contributed by atoms with Crippen LogP contribution in [0.1, 0.15) is 19.8 Å². The largest absolute Gasteiger partial charge is 0.520 e. The summed E-state index contributed by atoms with van der Waals surface area (Å²) in [5, 5.41) is 0. The molecule has 23 heavy (non-hydrogen) atoms. The Morgan fingerprint density at radius 1 is 0.783 bits per heavy atom. The summed E-state index contributed by atoms with van der Waals surface area (Å²) in [6, 6.07) is 0. The van der Waals surface area contributed by atoms with Gasteiger partial charge in [-0.1, -0.05) is 0 Å². The van der Waals surface area contributed by atoms with E-state index in [1.165, 1.54) is 0 Å². The summed E-state index contributed by atoms with van der Waals surface area (Å²) in [5.41, 5.74) is -1.09. The molecule has 8 heteroatoms. The van der Waals surface area contributed by atoms with Crippen LogP contribution in [0.4, 0.5) is 0 Å². The molecule has 5 nitrogen and oxygen atoms in total. The minimum absolute atomic E-state index is 0.159. The van der Waals surface area contributed by atoms with Crippen molar-refractivity contribution in [2.24, 2.45) is 0 Å². The molecular weight excluding hydrogens is 344 g/mol. The predicted molar refractivity (Wildman–Crippen MR) is 101 cm³/mol. The van der Waals surface area contributed by atoms with Gasteiger partial charge in [0.15, 0.2) is 13.9 Å². The maximum Gasteiger partial charge on any atom is 0.323 e. The Bertz CT molecular complexity index is 432. The maximum atomic E-state index is 12.6. The van der Waals surface area contributed by atoms with E-state index in [9.17, 15) is 9.59 Å². The lowest BCUT2D eigenvalue weighted by Crippen LogP contribution is -2.50. The van der Waals surface area contributed by atoms with Gasteiger partial charge in [-0.25, -0.2) is 0 Å². The summed E-state index contributed by atoms with van der Waals surface area (Å²) in [4.78, 5) is 24.6. The smallest absolute Gasteiger partial charge is 0.323 e. The molecule has 0 radical (unpaired) electrons. The van der Waals surface area contributed by atoms with Crippen molar-refractivity contribution in [3.63, 3.8) is 0 Å². The van der Waals surface area contributed by atoms with Crippen LogP contribution in [0.2, 0.25) is 58.9 Å². The average Bonchev–Trinajstić information content (AvgIpc) is 2.19. The minimum atomic E-state index is -2.02. The third kappa shape index (κ3) is 10.9. The molecule has 1 unspecified atom stereocenters. The van der Waals surface area contributed by atoms with Crippen molar-refractivity contribution in [1.29, 1.82) is 0 Å². The summed E-state index contributed by atoms with van der Waals surface area (Å²) in [5.74, 6) is -0.629. The van der Waals surface area contributed by atoms with Crippen molar-refractivity contribution < 1.29 is 22.9 Å². The average molecular weight is 379 g/mol. The van der Waals surface area contributed by atoms with Gasteiger partial charge in [-0.2, -0.15) is 0 Å². The summed E-state index contributed by atoms with van der Waals surface area (Å²) in [6.45, 7) is 19.5. The fourth-order valence-electron chi connectivity index (χ4n) is 1.99. The highest BCUT2D eigenvalue weighted by Crippen LogP contribution is 2.27. The van der Waals surface area contributed by atoms with Gasteiger partial charge in [0.1, 0.15) is 0 Å². The quantitative estimate of drug-likeness (QED) is 0.594. The molecule has 0 amide bonds. The molecule has 0 fully saturated rings. The van der Waals surface area contributed by atoms with E-state index in [1.807, 2.05) is 58.9 Å². The van der Waals surface area contributed by atoms with E-state index in [2.05, 4.69) is 0 Å². The Hall–Kier alpha value is -0.449. The van der Waals surface area contributed by atoms with Crippen molar-refractivity contribution in [3.05, 3.63) is 0 Å². The molecule has 0 rings (SSSR count). The minimum Gasteiger partial charge on any atom is -0.520 e. The van der Waals surface area contributed by atoms with Crippen LogP contribution in [0, 0.1) is 0 Å². The first-order valence-corrected chi connectivity index (χ1v) is 18.3. The normalized spacial score (nSPS) is 15.7. The summed E-state index contributed by atoms with van der Waals surface area (Å²) < 4.78 is 17.2. The Morgan fingerprint density at radius 3 is 1.57 bits per heavy atom. The number of hydrogen-bond acceptors (Lipinski definition) is 5. The monoisotopic (exact) mass is 378 g/mol. The Kier molecular flexibility index (Phi) is 7.48. The summed E-state index contributed by atoms with van der Waals surface area (Å²) in [6.07, 6.45) is 0.440. The van der Waals surface area contributed by atoms with Gasteiger partial charge in [0.2, 0.25) is 16.6 Å². The highest BCUT2D eigenvalue weighted by molar-refractivity contribution is 6.72. The van der Waals surface area contributed by atoms with Crippen LogP contribution in [0.15, 0.2) is 0 Å². The zero-order valence-electron chi connectivity index (χ0n) is 16.5. The third-order valence-corrected chi connectivity index (χ3v) is 5.29. The molecule has 0 heterocycles. The fourth-order valence-corrected chi connectivity index (χ4v) is 5.08. The first-order chi connectivity index (χ1) is 9.94. The molecule has 0 saturated heterocycles. The zero-order valence-corrected chi connectivity index (χ0v) is 19.5. The lowest BCUT2D eigenvalue weighted by Gasteiger charge is -2.36. The number of carbonyl (C=O) groups is 2. The molecule has 0 bridgehead atoms. The molecule has 0 N–H and O–H groups in total. The molecule has 0 aliphatic heterocycles. The van der Waals surface area contributed by atoms with Crippen LogP contribution < -0.4 is 0 Å². The highest BCUT2D eigenvalue weighted by atomic mass is 28.4.